The number of halogens is 4. The Labute approximate surface area is 175 Å². The molecule has 2 aromatic carbocycles. The molecule has 0 aliphatic carbocycles. The Morgan fingerprint density at radius 3 is 1.52 bits per heavy atom. The van der Waals surface area contributed by atoms with Crippen molar-refractivity contribution < 1.29 is 19.1 Å². The van der Waals surface area contributed by atoms with Crippen LogP contribution in [0.5, 0.6) is 11.5 Å². The zero-order valence-corrected chi connectivity index (χ0v) is 17.2. The molecule has 2 aliphatic rings. The molecular weight excluding hydrogens is 434 g/mol. The molecule has 0 amide bonds. The molecule has 27 heavy (non-hydrogen) atoms. The number of fused-ring (bicyclic) bond motifs is 4. The molecule has 0 N–H and O–H groups in total. The predicted octanol–water partition coefficient (Wildman–Crippen LogP) is 5.78. The molecule has 0 unspecified atom stereocenters. The molecule has 140 valence electrons. The zero-order chi connectivity index (χ0) is 19.7. The third-order valence-electron chi connectivity index (χ3n) is 4.97. The van der Waals surface area contributed by atoms with E-state index in [2.05, 4.69) is 0 Å². The molecule has 0 aromatic heterocycles. The summed E-state index contributed by atoms with van der Waals surface area (Å²) in [6, 6.07) is 3.14. The number of hydrogen-bond acceptors (Lipinski definition) is 4. The molecule has 0 bridgehead atoms. The van der Waals surface area contributed by atoms with E-state index in [0.29, 0.717) is 22.6 Å². The van der Waals surface area contributed by atoms with Crippen LogP contribution in [-0.4, -0.2) is 24.8 Å². The minimum absolute atomic E-state index is 0.186. The quantitative estimate of drug-likeness (QED) is 0.550. The van der Waals surface area contributed by atoms with Crippen LogP contribution in [0.25, 0.3) is 0 Å². The maximum atomic E-state index is 12.1. The summed E-state index contributed by atoms with van der Waals surface area (Å²) in [5.74, 6) is 0.393. The van der Waals surface area contributed by atoms with Gasteiger partial charge < -0.3 is 9.47 Å². The first-order valence-electron chi connectivity index (χ1n) is 8.01. The van der Waals surface area contributed by atoms with Gasteiger partial charge in [-0.1, -0.05) is 46.4 Å². The van der Waals surface area contributed by atoms with Crippen LogP contribution in [-0.2, 0) is 5.41 Å². The predicted molar refractivity (Wildman–Crippen MR) is 105 cm³/mol. The first kappa shape index (κ1) is 18.9. The van der Waals surface area contributed by atoms with Crippen LogP contribution in [0.3, 0.4) is 0 Å². The van der Waals surface area contributed by atoms with E-state index in [1.165, 1.54) is 13.8 Å². The first-order valence-corrected chi connectivity index (χ1v) is 9.52. The van der Waals surface area contributed by atoms with E-state index in [4.69, 9.17) is 55.9 Å². The van der Waals surface area contributed by atoms with Gasteiger partial charge in [0.2, 0.25) is 0 Å². The van der Waals surface area contributed by atoms with Gasteiger partial charge in [-0.25, -0.2) is 0 Å². The highest BCUT2D eigenvalue weighted by Gasteiger charge is 2.53. The van der Waals surface area contributed by atoms with Gasteiger partial charge in [0.25, 0.3) is 0 Å². The van der Waals surface area contributed by atoms with Gasteiger partial charge in [0.1, 0.15) is 24.7 Å². The van der Waals surface area contributed by atoms with Crippen molar-refractivity contribution in [3.05, 3.63) is 54.5 Å². The number of carbonyl (C=O) groups is 2. The molecule has 0 fully saturated rings. The van der Waals surface area contributed by atoms with E-state index in [9.17, 15) is 9.59 Å². The van der Waals surface area contributed by atoms with Crippen molar-refractivity contribution in [3.63, 3.8) is 0 Å². The standard InChI is InChI=1S/C19H12Cl4O4/c1-7(24)13-9(20)3-11-15(17(13)22)19(5-26-11)6-27-12-4-10(21)14(8(2)25)18(23)16(12)19/h3-4H,5-6H2,1-2H3. The lowest BCUT2D eigenvalue weighted by atomic mass is 9.76. The Kier molecular flexibility index (Phi) is 4.39. The lowest BCUT2D eigenvalue weighted by Gasteiger charge is -2.24. The normalized spacial score (nSPS) is 15.9. The first-order chi connectivity index (χ1) is 12.7. The summed E-state index contributed by atoms with van der Waals surface area (Å²) in [7, 11) is 0. The zero-order valence-electron chi connectivity index (χ0n) is 14.2. The van der Waals surface area contributed by atoms with Gasteiger partial charge in [-0.2, -0.15) is 0 Å². The van der Waals surface area contributed by atoms with Crippen LogP contribution in [0.15, 0.2) is 12.1 Å². The van der Waals surface area contributed by atoms with Crippen LogP contribution in [0, 0.1) is 0 Å². The number of ketones is 2. The highest BCUT2D eigenvalue weighted by Crippen LogP contribution is 2.57. The van der Waals surface area contributed by atoms with E-state index in [1.54, 1.807) is 12.1 Å². The lowest BCUT2D eigenvalue weighted by Crippen LogP contribution is -2.32. The van der Waals surface area contributed by atoms with Crippen LogP contribution in [0.1, 0.15) is 45.7 Å². The molecule has 0 radical (unpaired) electrons. The Hall–Kier alpha value is -1.46. The molecular formula is C19H12Cl4O4. The van der Waals surface area contributed by atoms with E-state index in [1.807, 2.05) is 0 Å². The maximum absolute atomic E-state index is 12.1. The second kappa shape index (κ2) is 6.28. The van der Waals surface area contributed by atoms with Crippen LogP contribution >= 0.6 is 46.4 Å². The molecule has 4 nitrogen and oxygen atoms in total. The van der Waals surface area contributed by atoms with E-state index < -0.39 is 5.41 Å². The van der Waals surface area contributed by atoms with Crippen LogP contribution < -0.4 is 9.47 Å². The summed E-state index contributed by atoms with van der Waals surface area (Å²) in [5.41, 5.74) is 0.731. The molecule has 1 spiro atoms. The molecule has 2 heterocycles. The SMILES string of the molecule is CC(=O)c1c(Cl)cc2c(c1Cl)C1(CO2)COc2cc(Cl)c(C(C)=O)c(Cl)c21. The average molecular weight is 446 g/mol. The van der Waals surface area contributed by atoms with Crippen molar-refractivity contribution in [1.29, 1.82) is 0 Å². The van der Waals surface area contributed by atoms with Crippen LogP contribution in [0.2, 0.25) is 20.1 Å². The average Bonchev–Trinajstić information content (AvgIpc) is 3.09. The largest absolute Gasteiger partial charge is 0.492 e. The fraction of sp³-hybridized carbons (Fsp3) is 0.263. The van der Waals surface area contributed by atoms with Crippen molar-refractivity contribution in [2.75, 3.05) is 13.2 Å². The summed E-state index contributed by atoms with van der Waals surface area (Å²) in [6.45, 7) is 3.15. The van der Waals surface area contributed by atoms with Crippen molar-refractivity contribution in [3.8, 4) is 11.5 Å². The summed E-state index contributed by atoms with van der Waals surface area (Å²) >= 11 is 25.6. The van der Waals surface area contributed by atoms with Gasteiger partial charge in [0.15, 0.2) is 11.6 Å². The monoisotopic (exact) mass is 444 g/mol. The number of hydrogen-bond donors (Lipinski definition) is 0. The van der Waals surface area contributed by atoms with Gasteiger partial charge in [-0.3, -0.25) is 9.59 Å². The van der Waals surface area contributed by atoms with Gasteiger partial charge in [-0.15, -0.1) is 0 Å². The molecule has 0 saturated carbocycles. The van der Waals surface area contributed by atoms with Crippen molar-refractivity contribution in [2.24, 2.45) is 0 Å². The highest BCUT2D eigenvalue weighted by atomic mass is 35.5. The number of carbonyl (C=O) groups excluding carboxylic acids is 2. The summed E-state index contributed by atoms with van der Waals surface area (Å²) in [5, 5.41) is 0.840. The Bertz CT molecular complexity index is 961. The minimum atomic E-state index is -0.859. The van der Waals surface area contributed by atoms with E-state index in [-0.39, 0.29) is 56.0 Å². The fourth-order valence-electron chi connectivity index (χ4n) is 3.82. The molecule has 8 heteroatoms. The molecule has 2 aliphatic heterocycles. The molecule has 0 atom stereocenters. The molecule has 0 saturated heterocycles. The van der Waals surface area contributed by atoms with E-state index >= 15 is 0 Å². The highest BCUT2D eigenvalue weighted by molar-refractivity contribution is 6.42. The Morgan fingerprint density at radius 1 is 0.815 bits per heavy atom. The molecule has 4 rings (SSSR count). The van der Waals surface area contributed by atoms with Crippen molar-refractivity contribution >= 4 is 58.0 Å². The molecule has 2 aromatic rings. The number of Topliss-reactive ketones (excluding diaryl/α,β-unsaturated/α-hetero) is 2. The minimum Gasteiger partial charge on any atom is -0.492 e. The number of rotatable bonds is 2. The second-order valence-electron chi connectivity index (χ2n) is 6.61. The topological polar surface area (TPSA) is 52.6 Å². The fourth-order valence-corrected chi connectivity index (χ4v) is 5.58. The van der Waals surface area contributed by atoms with Crippen molar-refractivity contribution in [1.82, 2.24) is 0 Å². The van der Waals surface area contributed by atoms with Gasteiger partial charge >= 0.3 is 0 Å². The van der Waals surface area contributed by atoms with E-state index in [0.717, 1.165) is 0 Å². The lowest BCUT2D eigenvalue weighted by molar-refractivity contribution is 0.100. The Balaban J connectivity index is 2.05. The van der Waals surface area contributed by atoms with Gasteiger partial charge in [0, 0.05) is 11.1 Å². The van der Waals surface area contributed by atoms with Crippen LogP contribution in [0.4, 0.5) is 0 Å². The van der Waals surface area contributed by atoms with Crippen molar-refractivity contribution in [2.45, 2.75) is 19.3 Å². The number of benzene rings is 2. The summed E-state index contributed by atoms with van der Waals surface area (Å²) < 4.78 is 11.7. The van der Waals surface area contributed by atoms with Gasteiger partial charge in [-0.05, 0) is 26.0 Å². The Morgan fingerprint density at radius 2 is 1.19 bits per heavy atom. The third-order valence-corrected chi connectivity index (χ3v) is 6.33. The second-order valence-corrected chi connectivity index (χ2v) is 8.18. The smallest absolute Gasteiger partial charge is 0.162 e. The van der Waals surface area contributed by atoms with Gasteiger partial charge in [0.05, 0.1) is 36.6 Å². The number of ether oxygens (including phenoxy) is 2. The maximum Gasteiger partial charge on any atom is 0.162 e. The summed E-state index contributed by atoms with van der Waals surface area (Å²) in [6.07, 6.45) is 0. The third kappa shape index (κ3) is 2.51. The summed E-state index contributed by atoms with van der Waals surface area (Å²) in [4.78, 5) is 24.1.